The molecule has 1 aromatic heterocycles. The molecule has 0 atom stereocenters. The van der Waals surface area contributed by atoms with Gasteiger partial charge in [0, 0.05) is 45.3 Å². The van der Waals surface area contributed by atoms with Crippen LogP contribution >= 0.6 is 35.3 Å². The topological polar surface area (TPSA) is 39.7 Å². The lowest BCUT2D eigenvalue weighted by molar-refractivity contribution is 0.198. The Labute approximate surface area is 186 Å². The van der Waals surface area contributed by atoms with E-state index in [0.29, 0.717) is 24.6 Å². The van der Waals surface area contributed by atoms with Crippen molar-refractivity contribution in [3.05, 3.63) is 57.8 Å². The molecular formula is C20H27F2IN4S. The molecule has 1 aromatic carbocycles. The summed E-state index contributed by atoms with van der Waals surface area (Å²) in [6.07, 6.45) is 2.61. The van der Waals surface area contributed by atoms with Crippen molar-refractivity contribution in [1.29, 1.82) is 0 Å². The first kappa shape index (κ1) is 23.0. The third kappa shape index (κ3) is 6.97. The second kappa shape index (κ2) is 11.7. The van der Waals surface area contributed by atoms with Crippen LogP contribution in [-0.4, -0.2) is 43.6 Å². The van der Waals surface area contributed by atoms with E-state index in [2.05, 4.69) is 37.4 Å². The van der Waals surface area contributed by atoms with Crippen molar-refractivity contribution in [2.45, 2.75) is 31.8 Å². The van der Waals surface area contributed by atoms with Gasteiger partial charge in [-0.3, -0.25) is 9.89 Å². The lowest BCUT2D eigenvalue weighted by Crippen LogP contribution is -2.48. The Morgan fingerprint density at radius 1 is 1.25 bits per heavy atom. The van der Waals surface area contributed by atoms with Crippen molar-refractivity contribution in [2.24, 2.45) is 4.99 Å². The maximum Gasteiger partial charge on any atom is 0.191 e. The van der Waals surface area contributed by atoms with Crippen molar-refractivity contribution in [3.63, 3.8) is 0 Å². The van der Waals surface area contributed by atoms with Gasteiger partial charge in [-0.25, -0.2) is 8.78 Å². The summed E-state index contributed by atoms with van der Waals surface area (Å²) in [6, 6.07) is 6.27. The van der Waals surface area contributed by atoms with Gasteiger partial charge in [0.15, 0.2) is 5.96 Å². The number of hydrogen-bond acceptors (Lipinski definition) is 3. The molecule has 2 aromatic rings. The number of thiophene rings is 1. The van der Waals surface area contributed by atoms with E-state index in [4.69, 9.17) is 0 Å². The fraction of sp³-hybridized carbons (Fsp3) is 0.450. The van der Waals surface area contributed by atoms with Crippen LogP contribution in [0.3, 0.4) is 0 Å². The summed E-state index contributed by atoms with van der Waals surface area (Å²) in [6.45, 7) is 3.68. The van der Waals surface area contributed by atoms with Gasteiger partial charge < -0.3 is 10.6 Å². The molecule has 4 nitrogen and oxygen atoms in total. The molecule has 0 saturated carbocycles. The fourth-order valence-electron chi connectivity index (χ4n) is 3.30. The van der Waals surface area contributed by atoms with Crippen LogP contribution in [0.25, 0.3) is 0 Å². The van der Waals surface area contributed by atoms with Gasteiger partial charge >= 0.3 is 0 Å². The van der Waals surface area contributed by atoms with Gasteiger partial charge in [0.1, 0.15) is 11.6 Å². The van der Waals surface area contributed by atoms with E-state index in [1.165, 1.54) is 17.7 Å². The molecule has 1 fully saturated rings. The van der Waals surface area contributed by atoms with Crippen LogP contribution in [0.2, 0.25) is 0 Å². The molecule has 1 aliphatic rings. The Morgan fingerprint density at radius 3 is 2.68 bits per heavy atom. The van der Waals surface area contributed by atoms with Gasteiger partial charge in [0.05, 0.1) is 0 Å². The molecule has 0 spiro atoms. The molecule has 8 heteroatoms. The predicted octanol–water partition coefficient (Wildman–Crippen LogP) is 4.02. The van der Waals surface area contributed by atoms with Gasteiger partial charge in [-0.05, 0) is 53.3 Å². The summed E-state index contributed by atoms with van der Waals surface area (Å²) in [5.41, 5.74) is 1.89. The number of rotatable bonds is 6. The van der Waals surface area contributed by atoms with E-state index in [0.717, 1.165) is 44.5 Å². The molecule has 2 heterocycles. The fourth-order valence-corrected chi connectivity index (χ4v) is 3.96. The molecule has 1 saturated heterocycles. The standard InChI is InChI=1S/C20H26F2N4S.HI/c1-23-20(24-8-4-16-2-3-17(21)12-19(16)22)25-18-5-9-26(10-6-18)13-15-7-11-27-14-15;/h2-3,7,11-12,14,18H,4-6,8-10,13H2,1H3,(H2,23,24,25);1H. The van der Waals surface area contributed by atoms with E-state index in [1.807, 2.05) is 0 Å². The number of halogens is 3. The zero-order valence-corrected chi connectivity index (χ0v) is 19.1. The zero-order chi connectivity index (χ0) is 19.1. The van der Waals surface area contributed by atoms with Gasteiger partial charge in [-0.15, -0.1) is 24.0 Å². The van der Waals surface area contributed by atoms with Crippen LogP contribution in [0.1, 0.15) is 24.0 Å². The third-order valence-electron chi connectivity index (χ3n) is 4.84. The van der Waals surface area contributed by atoms with E-state index >= 15 is 0 Å². The lowest BCUT2D eigenvalue weighted by Gasteiger charge is -2.33. The summed E-state index contributed by atoms with van der Waals surface area (Å²) in [4.78, 5) is 6.74. The Morgan fingerprint density at radius 2 is 2.04 bits per heavy atom. The van der Waals surface area contributed by atoms with Crippen LogP contribution in [0.15, 0.2) is 40.0 Å². The van der Waals surface area contributed by atoms with Crippen molar-refractivity contribution in [1.82, 2.24) is 15.5 Å². The van der Waals surface area contributed by atoms with Crippen LogP contribution in [0.5, 0.6) is 0 Å². The van der Waals surface area contributed by atoms with Crippen LogP contribution in [0, 0.1) is 11.6 Å². The summed E-state index contributed by atoms with van der Waals surface area (Å²) < 4.78 is 26.6. The highest BCUT2D eigenvalue weighted by Crippen LogP contribution is 2.15. The smallest absolute Gasteiger partial charge is 0.191 e. The summed E-state index contributed by atoms with van der Waals surface area (Å²) >= 11 is 1.74. The number of piperidine rings is 1. The Hall–Kier alpha value is -1.26. The van der Waals surface area contributed by atoms with E-state index in [9.17, 15) is 8.78 Å². The molecule has 1 aliphatic heterocycles. The Balaban J connectivity index is 0.00000280. The molecule has 154 valence electrons. The average molecular weight is 520 g/mol. The van der Waals surface area contributed by atoms with Crippen LogP contribution in [0.4, 0.5) is 8.78 Å². The number of hydrogen-bond donors (Lipinski definition) is 2. The molecular weight excluding hydrogens is 493 g/mol. The Kier molecular flexibility index (Phi) is 9.60. The number of nitrogens with one attached hydrogen (secondary N) is 2. The number of benzene rings is 1. The minimum Gasteiger partial charge on any atom is -0.356 e. The maximum absolute atomic E-state index is 13.7. The molecule has 0 unspecified atom stereocenters. The highest BCUT2D eigenvalue weighted by molar-refractivity contribution is 14.0. The van der Waals surface area contributed by atoms with Crippen LogP contribution < -0.4 is 10.6 Å². The summed E-state index contributed by atoms with van der Waals surface area (Å²) in [5, 5.41) is 11.0. The average Bonchev–Trinajstić information content (AvgIpc) is 3.17. The summed E-state index contributed by atoms with van der Waals surface area (Å²) in [7, 11) is 1.74. The minimum atomic E-state index is -0.549. The van der Waals surface area contributed by atoms with Crippen molar-refractivity contribution < 1.29 is 8.78 Å². The SMILES string of the molecule is CN=C(NCCc1ccc(F)cc1F)NC1CCN(Cc2ccsc2)CC1.I. The zero-order valence-electron chi connectivity index (χ0n) is 16.0. The first-order valence-corrected chi connectivity index (χ1v) is 10.2. The normalized spacial score (nSPS) is 15.9. The minimum absolute atomic E-state index is 0. The van der Waals surface area contributed by atoms with E-state index in [1.54, 1.807) is 18.4 Å². The van der Waals surface area contributed by atoms with Gasteiger partial charge in [0.2, 0.25) is 0 Å². The number of likely N-dealkylation sites (tertiary alicyclic amines) is 1. The second-order valence-electron chi connectivity index (χ2n) is 6.81. The third-order valence-corrected chi connectivity index (χ3v) is 5.57. The molecule has 3 rings (SSSR count). The highest BCUT2D eigenvalue weighted by Gasteiger charge is 2.20. The van der Waals surface area contributed by atoms with E-state index in [-0.39, 0.29) is 24.0 Å². The first-order valence-electron chi connectivity index (χ1n) is 9.28. The molecule has 0 bridgehead atoms. The van der Waals surface area contributed by atoms with E-state index < -0.39 is 11.6 Å². The Bertz CT molecular complexity index is 747. The van der Waals surface area contributed by atoms with Crippen molar-refractivity contribution >= 4 is 41.3 Å². The number of guanidine groups is 1. The molecule has 0 aliphatic carbocycles. The molecule has 0 amide bonds. The molecule has 2 N–H and O–H groups in total. The summed E-state index contributed by atoms with van der Waals surface area (Å²) in [5.74, 6) is -0.321. The van der Waals surface area contributed by atoms with Crippen molar-refractivity contribution in [3.8, 4) is 0 Å². The number of nitrogens with zero attached hydrogens (tertiary/aromatic N) is 2. The molecule has 0 radical (unpaired) electrons. The highest BCUT2D eigenvalue weighted by atomic mass is 127. The van der Waals surface area contributed by atoms with Gasteiger partial charge in [0.25, 0.3) is 0 Å². The van der Waals surface area contributed by atoms with Gasteiger partial charge in [-0.1, -0.05) is 6.07 Å². The second-order valence-corrected chi connectivity index (χ2v) is 7.59. The monoisotopic (exact) mass is 520 g/mol. The first-order chi connectivity index (χ1) is 13.1. The largest absolute Gasteiger partial charge is 0.356 e. The maximum atomic E-state index is 13.7. The quantitative estimate of drug-likeness (QED) is 0.344. The lowest BCUT2D eigenvalue weighted by atomic mass is 10.0. The van der Waals surface area contributed by atoms with Gasteiger partial charge in [-0.2, -0.15) is 11.3 Å². The van der Waals surface area contributed by atoms with Crippen LogP contribution in [-0.2, 0) is 13.0 Å². The number of aliphatic imine (C=N–C) groups is 1. The predicted molar refractivity (Wildman–Crippen MR) is 123 cm³/mol. The molecule has 28 heavy (non-hydrogen) atoms. The van der Waals surface area contributed by atoms with Crippen molar-refractivity contribution in [2.75, 3.05) is 26.7 Å².